The van der Waals surface area contributed by atoms with Gasteiger partial charge in [-0.25, -0.2) is 0 Å². The second-order valence-corrected chi connectivity index (χ2v) is 6.18. The van der Waals surface area contributed by atoms with Crippen LogP contribution in [0.15, 0.2) is 65.1 Å². The fraction of sp³-hybridized carbons (Fsp3) is 0.143. The van der Waals surface area contributed by atoms with Gasteiger partial charge in [0.25, 0.3) is 5.91 Å². The van der Waals surface area contributed by atoms with Crippen LogP contribution in [0, 0.1) is 0 Å². The molecule has 2 aromatic carbocycles. The molecule has 0 bridgehead atoms. The number of carbonyl (C=O) groups excluding carboxylic acids is 2. The molecule has 1 aromatic heterocycles. The molecule has 150 valence electrons. The predicted molar refractivity (Wildman–Crippen MR) is 100 cm³/mol. The lowest BCUT2D eigenvalue weighted by atomic mass is 10.1. The third kappa shape index (κ3) is 5.47. The summed E-state index contributed by atoms with van der Waals surface area (Å²) in [4.78, 5) is 23.6. The lowest BCUT2D eigenvalue weighted by Crippen LogP contribution is -2.19. The predicted octanol–water partition coefficient (Wildman–Crippen LogP) is 5.34. The number of ether oxygens (including phenoxy) is 1. The molecule has 3 rings (SSSR count). The van der Waals surface area contributed by atoms with Gasteiger partial charge < -0.3 is 14.5 Å². The SMILES string of the molecule is CC(=O)c1ccc(-c2ccc(C(=O)Nc3ccc(OCC(F)(F)F)cc3)o2)cc1. The lowest BCUT2D eigenvalue weighted by molar-refractivity contribution is -0.153. The van der Waals surface area contributed by atoms with E-state index in [1.54, 1.807) is 30.3 Å². The van der Waals surface area contributed by atoms with E-state index in [4.69, 9.17) is 4.42 Å². The van der Waals surface area contributed by atoms with Crippen LogP contribution in [0.3, 0.4) is 0 Å². The number of anilines is 1. The van der Waals surface area contributed by atoms with E-state index in [0.717, 1.165) is 0 Å². The Hall–Kier alpha value is -3.55. The first-order valence-corrected chi connectivity index (χ1v) is 8.53. The normalized spacial score (nSPS) is 11.2. The summed E-state index contributed by atoms with van der Waals surface area (Å²) in [6.07, 6.45) is -4.42. The van der Waals surface area contributed by atoms with Gasteiger partial charge >= 0.3 is 6.18 Å². The fourth-order valence-electron chi connectivity index (χ4n) is 2.48. The molecular weight excluding hydrogens is 387 g/mol. The summed E-state index contributed by atoms with van der Waals surface area (Å²) in [5, 5.41) is 2.59. The molecular formula is C21H16F3NO4. The maximum absolute atomic E-state index is 12.3. The number of carbonyl (C=O) groups is 2. The van der Waals surface area contributed by atoms with Gasteiger partial charge in [-0.15, -0.1) is 0 Å². The van der Waals surface area contributed by atoms with Crippen LogP contribution in [0.2, 0.25) is 0 Å². The zero-order valence-electron chi connectivity index (χ0n) is 15.2. The van der Waals surface area contributed by atoms with E-state index in [0.29, 0.717) is 22.6 Å². The summed E-state index contributed by atoms with van der Waals surface area (Å²) in [5.41, 5.74) is 1.65. The second kappa shape index (κ2) is 8.22. The Balaban J connectivity index is 1.63. The number of hydrogen-bond acceptors (Lipinski definition) is 4. The molecule has 1 N–H and O–H groups in total. The monoisotopic (exact) mass is 403 g/mol. The van der Waals surface area contributed by atoms with Gasteiger partial charge in [0.2, 0.25) is 0 Å². The van der Waals surface area contributed by atoms with Crippen LogP contribution in [0.4, 0.5) is 18.9 Å². The molecule has 5 nitrogen and oxygen atoms in total. The van der Waals surface area contributed by atoms with Crippen LogP contribution in [0.25, 0.3) is 11.3 Å². The Morgan fingerprint density at radius 3 is 2.21 bits per heavy atom. The zero-order chi connectivity index (χ0) is 21.0. The number of nitrogens with one attached hydrogen (secondary N) is 1. The van der Waals surface area contributed by atoms with Crippen molar-refractivity contribution >= 4 is 17.4 Å². The molecule has 0 radical (unpaired) electrons. The first-order chi connectivity index (χ1) is 13.7. The number of amides is 1. The first kappa shape index (κ1) is 20.2. The standard InChI is InChI=1S/C21H16F3NO4/c1-13(26)14-2-4-15(5-3-14)18-10-11-19(29-18)20(27)25-16-6-8-17(9-7-16)28-12-21(22,23)24/h2-11H,12H2,1H3,(H,25,27). The summed E-state index contributed by atoms with van der Waals surface area (Å²) in [6, 6.07) is 15.4. The minimum absolute atomic E-state index is 0.0367. The fourth-order valence-corrected chi connectivity index (χ4v) is 2.48. The number of Topliss-reactive ketones (excluding diaryl/α,β-unsaturated/α-hetero) is 1. The molecule has 0 aliphatic rings. The molecule has 8 heteroatoms. The summed E-state index contributed by atoms with van der Waals surface area (Å²) in [5.74, 6) is -0.00439. The number of rotatable bonds is 6. The summed E-state index contributed by atoms with van der Waals surface area (Å²) in [6.45, 7) is 0.0839. The molecule has 0 saturated carbocycles. The Morgan fingerprint density at radius 1 is 0.966 bits per heavy atom. The molecule has 0 spiro atoms. The zero-order valence-corrected chi connectivity index (χ0v) is 15.2. The highest BCUT2D eigenvalue weighted by Gasteiger charge is 2.28. The molecule has 3 aromatic rings. The van der Waals surface area contributed by atoms with Crippen molar-refractivity contribution in [2.24, 2.45) is 0 Å². The number of benzene rings is 2. The van der Waals surface area contributed by atoms with Crippen molar-refractivity contribution in [3.8, 4) is 17.1 Å². The highest BCUT2D eigenvalue weighted by Crippen LogP contribution is 2.24. The van der Waals surface area contributed by atoms with Gasteiger partial charge in [0.15, 0.2) is 18.2 Å². The molecule has 0 saturated heterocycles. The smallest absolute Gasteiger partial charge is 0.422 e. The van der Waals surface area contributed by atoms with Crippen LogP contribution in [-0.2, 0) is 0 Å². The van der Waals surface area contributed by atoms with Crippen molar-refractivity contribution in [3.05, 3.63) is 72.0 Å². The third-order valence-corrected chi connectivity index (χ3v) is 3.92. The van der Waals surface area contributed by atoms with Crippen LogP contribution >= 0.6 is 0 Å². The van der Waals surface area contributed by atoms with Crippen molar-refractivity contribution in [3.63, 3.8) is 0 Å². The Bertz CT molecular complexity index is 1010. The maximum Gasteiger partial charge on any atom is 0.422 e. The van der Waals surface area contributed by atoms with Gasteiger partial charge in [0, 0.05) is 16.8 Å². The van der Waals surface area contributed by atoms with Crippen molar-refractivity contribution in [2.45, 2.75) is 13.1 Å². The second-order valence-electron chi connectivity index (χ2n) is 6.18. The van der Waals surface area contributed by atoms with Crippen LogP contribution in [-0.4, -0.2) is 24.5 Å². The van der Waals surface area contributed by atoms with Gasteiger partial charge in [-0.3, -0.25) is 9.59 Å². The van der Waals surface area contributed by atoms with Gasteiger partial charge in [0.05, 0.1) is 0 Å². The van der Waals surface area contributed by atoms with Crippen molar-refractivity contribution in [1.29, 1.82) is 0 Å². The summed E-state index contributed by atoms with van der Waals surface area (Å²) in [7, 11) is 0. The largest absolute Gasteiger partial charge is 0.484 e. The molecule has 0 unspecified atom stereocenters. The van der Waals surface area contributed by atoms with Crippen LogP contribution in [0.5, 0.6) is 5.75 Å². The molecule has 0 aliphatic carbocycles. The molecule has 29 heavy (non-hydrogen) atoms. The highest BCUT2D eigenvalue weighted by molar-refractivity contribution is 6.02. The van der Waals surface area contributed by atoms with E-state index >= 15 is 0 Å². The summed E-state index contributed by atoms with van der Waals surface area (Å²) >= 11 is 0. The number of hydrogen-bond donors (Lipinski definition) is 1. The molecule has 1 heterocycles. The highest BCUT2D eigenvalue weighted by atomic mass is 19.4. The first-order valence-electron chi connectivity index (χ1n) is 8.53. The van der Waals surface area contributed by atoms with Gasteiger partial charge in [-0.05, 0) is 43.3 Å². The minimum atomic E-state index is -4.42. The third-order valence-electron chi connectivity index (χ3n) is 3.92. The quantitative estimate of drug-likeness (QED) is 0.564. The number of furan rings is 1. The number of ketones is 1. The number of halogens is 3. The van der Waals surface area contributed by atoms with Crippen LogP contribution in [0.1, 0.15) is 27.8 Å². The molecule has 0 fully saturated rings. The summed E-state index contributed by atoms with van der Waals surface area (Å²) < 4.78 is 46.6. The Kier molecular flexibility index (Phi) is 5.72. The van der Waals surface area contributed by atoms with Crippen molar-refractivity contribution in [1.82, 2.24) is 0 Å². The molecule has 1 amide bonds. The topological polar surface area (TPSA) is 68.5 Å². The van der Waals surface area contributed by atoms with Crippen LogP contribution < -0.4 is 10.1 Å². The van der Waals surface area contributed by atoms with Crippen molar-refractivity contribution < 1.29 is 31.9 Å². The number of alkyl halides is 3. The van der Waals surface area contributed by atoms with Gasteiger partial charge in [-0.2, -0.15) is 13.2 Å². The van der Waals surface area contributed by atoms with Gasteiger partial charge in [-0.1, -0.05) is 24.3 Å². The average Bonchev–Trinajstić information content (AvgIpc) is 3.17. The molecule has 0 atom stereocenters. The lowest BCUT2D eigenvalue weighted by Gasteiger charge is -2.09. The van der Waals surface area contributed by atoms with E-state index in [1.807, 2.05) is 0 Å². The van der Waals surface area contributed by atoms with E-state index in [-0.39, 0.29) is 17.3 Å². The molecule has 0 aliphatic heterocycles. The Morgan fingerprint density at radius 2 is 1.62 bits per heavy atom. The van der Waals surface area contributed by atoms with E-state index in [2.05, 4.69) is 10.1 Å². The van der Waals surface area contributed by atoms with E-state index < -0.39 is 18.7 Å². The average molecular weight is 403 g/mol. The minimum Gasteiger partial charge on any atom is -0.484 e. The van der Waals surface area contributed by atoms with Gasteiger partial charge in [0.1, 0.15) is 11.5 Å². The van der Waals surface area contributed by atoms with E-state index in [1.165, 1.54) is 37.3 Å². The van der Waals surface area contributed by atoms with Crippen molar-refractivity contribution in [2.75, 3.05) is 11.9 Å². The maximum atomic E-state index is 12.3. The Labute approximate surface area is 164 Å². The van der Waals surface area contributed by atoms with E-state index in [9.17, 15) is 22.8 Å².